The molecule has 0 aliphatic heterocycles. The number of aliphatic hydroxyl groups excluding tert-OH is 1. The zero-order valence-electron chi connectivity index (χ0n) is 9.34. The lowest BCUT2D eigenvalue weighted by Crippen LogP contribution is -2.44. The lowest BCUT2D eigenvalue weighted by Gasteiger charge is -2.33. The zero-order valence-corrected chi connectivity index (χ0v) is 9.34. The lowest BCUT2D eigenvalue weighted by atomic mass is 10.1. The minimum atomic E-state index is -0.119. The molecule has 0 aliphatic carbocycles. The van der Waals surface area contributed by atoms with E-state index in [4.69, 9.17) is 9.84 Å². The van der Waals surface area contributed by atoms with Crippen LogP contribution < -0.4 is 0 Å². The molecule has 0 aromatic heterocycles. The number of aliphatic hydroxyl groups is 1. The molecule has 0 aliphatic rings. The van der Waals surface area contributed by atoms with Crippen molar-refractivity contribution in [3.05, 3.63) is 0 Å². The van der Waals surface area contributed by atoms with Crippen LogP contribution in [0.15, 0.2) is 0 Å². The lowest BCUT2D eigenvalue weighted by molar-refractivity contribution is 0.0659. The Morgan fingerprint density at radius 2 is 2.00 bits per heavy atom. The first-order valence-corrected chi connectivity index (χ1v) is 4.94. The molecule has 0 saturated carbocycles. The van der Waals surface area contributed by atoms with Crippen molar-refractivity contribution < 1.29 is 9.84 Å². The molecule has 0 aromatic carbocycles. The Morgan fingerprint density at radius 3 is 2.46 bits per heavy atom. The molecule has 0 radical (unpaired) electrons. The van der Waals surface area contributed by atoms with E-state index in [1.807, 2.05) is 27.8 Å². The molecule has 0 unspecified atom stereocenters. The van der Waals surface area contributed by atoms with E-state index < -0.39 is 0 Å². The number of ether oxygens (including phenoxy) is 1. The summed E-state index contributed by atoms with van der Waals surface area (Å²) < 4.78 is 5.24. The first kappa shape index (κ1) is 12.9. The summed E-state index contributed by atoms with van der Waals surface area (Å²) >= 11 is 0. The van der Waals surface area contributed by atoms with E-state index in [1.54, 1.807) is 0 Å². The van der Waals surface area contributed by atoms with Crippen LogP contribution in [0.1, 0.15) is 27.2 Å². The summed E-state index contributed by atoms with van der Waals surface area (Å²) in [7, 11) is 2.03. The maximum atomic E-state index is 9.09. The fourth-order valence-corrected chi connectivity index (χ4v) is 0.971. The van der Waals surface area contributed by atoms with E-state index in [2.05, 4.69) is 4.90 Å². The fourth-order valence-electron chi connectivity index (χ4n) is 0.971. The van der Waals surface area contributed by atoms with Crippen molar-refractivity contribution in [3.8, 4) is 0 Å². The monoisotopic (exact) mass is 189 g/mol. The fraction of sp³-hybridized carbons (Fsp3) is 1.00. The van der Waals surface area contributed by atoms with Gasteiger partial charge in [-0.1, -0.05) is 0 Å². The molecule has 0 amide bonds. The summed E-state index contributed by atoms with van der Waals surface area (Å²) in [4.78, 5) is 2.16. The summed E-state index contributed by atoms with van der Waals surface area (Å²) in [5.74, 6) is 0. The predicted octanol–water partition coefficient (Wildman–Crippen LogP) is 1.12. The summed E-state index contributed by atoms with van der Waals surface area (Å²) in [5, 5.41) is 9.09. The highest BCUT2D eigenvalue weighted by atomic mass is 16.5. The van der Waals surface area contributed by atoms with E-state index in [0.29, 0.717) is 0 Å². The topological polar surface area (TPSA) is 32.7 Å². The Kier molecular flexibility index (Phi) is 6.29. The maximum absolute atomic E-state index is 9.09. The Labute approximate surface area is 81.7 Å². The summed E-state index contributed by atoms with van der Waals surface area (Å²) in [6.07, 6.45) is 1.02. The SMILES string of the molecule is CCOCCCN(C)C(C)(C)CO. The molecule has 0 fully saturated rings. The van der Waals surface area contributed by atoms with Crippen molar-refractivity contribution in [1.82, 2.24) is 4.90 Å². The highest BCUT2D eigenvalue weighted by Crippen LogP contribution is 2.10. The van der Waals surface area contributed by atoms with Gasteiger partial charge in [0.25, 0.3) is 0 Å². The van der Waals surface area contributed by atoms with Gasteiger partial charge in [-0.3, -0.25) is 4.90 Å². The molecular weight excluding hydrogens is 166 g/mol. The average molecular weight is 189 g/mol. The third kappa shape index (κ3) is 5.24. The van der Waals surface area contributed by atoms with Gasteiger partial charge in [-0.25, -0.2) is 0 Å². The van der Waals surface area contributed by atoms with Crippen LogP contribution in [0, 0.1) is 0 Å². The van der Waals surface area contributed by atoms with Crippen molar-refractivity contribution in [2.45, 2.75) is 32.7 Å². The minimum Gasteiger partial charge on any atom is -0.394 e. The molecule has 0 heterocycles. The molecule has 0 spiro atoms. The highest BCUT2D eigenvalue weighted by Gasteiger charge is 2.21. The van der Waals surface area contributed by atoms with Gasteiger partial charge >= 0.3 is 0 Å². The Morgan fingerprint density at radius 1 is 1.38 bits per heavy atom. The smallest absolute Gasteiger partial charge is 0.0609 e. The zero-order chi connectivity index (χ0) is 10.3. The van der Waals surface area contributed by atoms with Crippen LogP contribution in [0.5, 0.6) is 0 Å². The van der Waals surface area contributed by atoms with E-state index in [1.165, 1.54) is 0 Å². The number of rotatable bonds is 7. The summed E-state index contributed by atoms with van der Waals surface area (Å²) in [6.45, 7) is 8.82. The van der Waals surface area contributed by atoms with Gasteiger partial charge in [0.05, 0.1) is 6.61 Å². The molecule has 3 heteroatoms. The normalized spacial score (nSPS) is 12.5. The van der Waals surface area contributed by atoms with Crippen LogP contribution in [-0.2, 0) is 4.74 Å². The maximum Gasteiger partial charge on any atom is 0.0609 e. The number of likely N-dealkylation sites (N-methyl/N-ethyl adjacent to an activating group) is 1. The second-order valence-corrected chi connectivity index (χ2v) is 3.94. The molecular formula is C10H23NO2. The molecule has 13 heavy (non-hydrogen) atoms. The van der Waals surface area contributed by atoms with Crippen LogP contribution in [-0.4, -0.2) is 49.0 Å². The molecule has 0 saturated heterocycles. The van der Waals surface area contributed by atoms with Gasteiger partial charge in [-0.2, -0.15) is 0 Å². The second-order valence-electron chi connectivity index (χ2n) is 3.94. The van der Waals surface area contributed by atoms with Crippen LogP contribution in [0.25, 0.3) is 0 Å². The molecule has 0 bridgehead atoms. The summed E-state index contributed by atoms with van der Waals surface area (Å²) in [5.41, 5.74) is -0.119. The summed E-state index contributed by atoms with van der Waals surface area (Å²) in [6, 6.07) is 0. The van der Waals surface area contributed by atoms with Crippen LogP contribution >= 0.6 is 0 Å². The number of hydrogen-bond donors (Lipinski definition) is 1. The van der Waals surface area contributed by atoms with Gasteiger partial charge in [-0.05, 0) is 34.2 Å². The predicted molar refractivity (Wildman–Crippen MR) is 54.9 cm³/mol. The standard InChI is InChI=1S/C10H23NO2/c1-5-13-8-6-7-11(4)10(2,3)9-12/h12H,5-9H2,1-4H3. The first-order valence-electron chi connectivity index (χ1n) is 4.94. The van der Waals surface area contributed by atoms with Crippen molar-refractivity contribution in [2.24, 2.45) is 0 Å². The number of hydrogen-bond acceptors (Lipinski definition) is 3. The Hall–Kier alpha value is -0.120. The molecule has 1 N–H and O–H groups in total. The van der Waals surface area contributed by atoms with Gasteiger partial charge < -0.3 is 9.84 Å². The number of nitrogens with zero attached hydrogens (tertiary/aromatic N) is 1. The average Bonchev–Trinajstić information content (AvgIpc) is 2.12. The van der Waals surface area contributed by atoms with E-state index in [0.717, 1.165) is 26.2 Å². The first-order chi connectivity index (χ1) is 6.04. The van der Waals surface area contributed by atoms with Crippen molar-refractivity contribution >= 4 is 0 Å². The van der Waals surface area contributed by atoms with Crippen LogP contribution in [0.2, 0.25) is 0 Å². The van der Waals surface area contributed by atoms with Crippen LogP contribution in [0.3, 0.4) is 0 Å². The molecule has 3 nitrogen and oxygen atoms in total. The van der Waals surface area contributed by atoms with Crippen LogP contribution in [0.4, 0.5) is 0 Å². The Balaban J connectivity index is 3.55. The van der Waals surface area contributed by atoms with Crippen molar-refractivity contribution in [1.29, 1.82) is 0 Å². The van der Waals surface area contributed by atoms with E-state index in [-0.39, 0.29) is 12.1 Å². The largest absolute Gasteiger partial charge is 0.394 e. The molecule has 80 valence electrons. The highest BCUT2D eigenvalue weighted by molar-refractivity contribution is 4.77. The Bertz CT molecular complexity index is 126. The van der Waals surface area contributed by atoms with E-state index >= 15 is 0 Å². The third-order valence-electron chi connectivity index (χ3n) is 2.41. The van der Waals surface area contributed by atoms with Crippen molar-refractivity contribution in [2.75, 3.05) is 33.4 Å². The van der Waals surface area contributed by atoms with Crippen molar-refractivity contribution in [3.63, 3.8) is 0 Å². The van der Waals surface area contributed by atoms with Gasteiger partial charge in [0, 0.05) is 25.3 Å². The quantitative estimate of drug-likeness (QED) is 0.609. The molecule has 0 aromatic rings. The van der Waals surface area contributed by atoms with Gasteiger partial charge in [0.1, 0.15) is 0 Å². The van der Waals surface area contributed by atoms with Gasteiger partial charge in [0.15, 0.2) is 0 Å². The minimum absolute atomic E-state index is 0.119. The molecule has 0 rings (SSSR count). The van der Waals surface area contributed by atoms with Gasteiger partial charge in [-0.15, -0.1) is 0 Å². The second kappa shape index (κ2) is 6.35. The van der Waals surface area contributed by atoms with Gasteiger partial charge in [0.2, 0.25) is 0 Å². The third-order valence-corrected chi connectivity index (χ3v) is 2.41. The molecule has 0 atom stereocenters. The van der Waals surface area contributed by atoms with E-state index in [9.17, 15) is 0 Å².